The molecule has 2 fully saturated rings. The van der Waals surface area contributed by atoms with Crippen molar-refractivity contribution in [2.45, 2.75) is 57.8 Å². The molecule has 1 saturated carbocycles. The van der Waals surface area contributed by atoms with Crippen molar-refractivity contribution < 1.29 is 9.18 Å². The van der Waals surface area contributed by atoms with Gasteiger partial charge in [0.25, 0.3) is 5.91 Å². The van der Waals surface area contributed by atoms with E-state index >= 15 is 4.39 Å². The van der Waals surface area contributed by atoms with Gasteiger partial charge in [-0.3, -0.25) is 9.36 Å². The van der Waals surface area contributed by atoms with Crippen LogP contribution in [0.1, 0.15) is 53.6 Å². The molecular formula is C25H27FN8O. The zero-order valence-corrected chi connectivity index (χ0v) is 19.8. The molecule has 10 heteroatoms. The van der Waals surface area contributed by atoms with Gasteiger partial charge in [0, 0.05) is 37.4 Å². The maximum Gasteiger partial charge on any atom is 0.274 e. The summed E-state index contributed by atoms with van der Waals surface area (Å²) in [4.78, 5) is 34.7. The molecular weight excluding hydrogens is 447 g/mol. The number of anilines is 1. The summed E-state index contributed by atoms with van der Waals surface area (Å²) in [6.07, 6.45) is 8.56. The first kappa shape index (κ1) is 22.9. The Bertz CT molecular complexity index is 1250. The van der Waals surface area contributed by atoms with E-state index in [4.69, 9.17) is 5.26 Å². The summed E-state index contributed by atoms with van der Waals surface area (Å²) in [5.74, 6) is 1.43. The summed E-state index contributed by atoms with van der Waals surface area (Å²) in [5.41, 5.74) is 1.76. The zero-order chi connectivity index (χ0) is 24.5. The lowest BCUT2D eigenvalue weighted by Gasteiger charge is -2.40. The van der Waals surface area contributed by atoms with Gasteiger partial charge in [0.1, 0.15) is 29.6 Å². The van der Waals surface area contributed by atoms with Crippen molar-refractivity contribution in [3.63, 3.8) is 0 Å². The molecule has 0 N–H and O–H groups in total. The first-order valence-corrected chi connectivity index (χ1v) is 11.9. The second kappa shape index (κ2) is 9.41. The Morgan fingerprint density at radius 1 is 1.20 bits per heavy atom. The molecule has 1 unspecified atom stereocenters. The topological polar surface area (TPSA) is 104 Å². The Balaban J connectivity index is 1.34. The van der Waals surface area contributed by atoms with Crippen LogP contribution >= 0.6 is 0 Å². The minimum Gasteiger partial charge on any atom is -0.338 e. The van der Waals surface area contributed by atoms with Crippen LogP contribution in [0.15, 0.2) is 36.9 Å². The van der Waals surface area contributed by atoms with Crippen LogP contribution in [-0.4, -0.2) is 66.7 Å². The number of pyridine rings is 1. The maximum absolute atomic E-state index is 15.5. The van der Waals surface area contributed by atoms with Crippen LogP contribution in [0.2, 0.25) is 0 Å². The fraction of sp³-hybridized carbons (Fsp3) is 0.440. The molecule has 2 atom stereocenters. The Kier molecular flexibility index (Phi) is 6.16. The molecule has 0 radical (unpaired) electrons. The summed E-state index contributed by atoms with van der Waals surface area (Å²) in [6, 6.07) is 4.94. The minimum absolute atomic E-state index is 0.0379. The van der Waals surface area contributed by atoms with Crippen molar-refractivity contribution in [1.82, 2.24) is 29.4 Å². The van der Waals surface area contributed by atoms with Gasteiger partial charge in [-0.25, -0.2) is 24.3 Å². The molecule has 3 aromatic rings. The lowest BCUT2D eigenvalue weighted by atomic mass is 10.0. The van der Waals surface area contributed by atoms with E-state index in [1.165, 1.54) is 6.20 Å². The van der Waals surface area contributed by atoms with Gasteiger partial charge in [0.15, 0.2) is 0 Å². The predicted octanol–water partition coefficient (Wildman–Crippen LogP) is 3.02. The lowest BCUT2D eigenvalue weighted by Crippen LogP contribution is -2.55. The van der Waals surface area contributed by atoms with Gasteiger partial charge < -0.3 is 9.80 Å². The van der Waals surface area contributed by atoms with E-state index in [1.807, 2.05) is 17.9 Å². The smallest absolute Gasteiger partial charge is 0.274 e. The van der Waals surface area contributed by atoms with E-state index in [1.54, 1.807) is 47.1 Å². The van der Waals surface area contributed by atoms with Crippen LogP contribution in [0.4, 0.5) is 10.3 Å². The molecule has 0 bridgehead atoms. The van der Waals surface area contributed by atoms with Crippen LogP contribution in [-0.2, 0) is 6.42 Å². The molecule has 1 amide bonds. The van der Waals surface area contributed by atoms with E-state index in [0.29, 0.717) is 36.1 Å². The van der Waals surface area contributed by atoms with Crippen LogP contribution in [0, 0.1) is 18.3 Å². The first-order valence-electron chi connectivity index (χ1n) is 11.9. The SMILES string of the molecule is CCc1cnc(N2CC[C@@H](N(C(=O)c3cn(-c4ccc(C#N)cn4)c(C)n3)C3CC3)C(F)C2)nc1. The van der Waals surface area contributed by atoms with Gasteiger partial charge in [-0.15, -0.1) is 0 Å². The van der Waals surface area contributed by atoms with E-state index in [9.17, 15) is 4.79 Å². The predicted molar refractivity (Wildman–Crippen MR) is 127 cm³/mol. The Morgan fingerprint density at radius 2 is 1.97 bits per heavy atom. The molecule has 1 aliphatic carbocycles. The number of rotatable bonds is 6. The third-order valence-electron chi connectivity index (χ3n) is 6.65. The normalized spacial score (nSPS) is 19.9. The number of aryl methyl sites for hydroxylation is 2. The maximum atomic E-state index is 15.5. The van der Waals surface area contributed by atoms with Gasteiger partial charge in [-0.2, -0.15) is 5.26 Å². The highest BCUT2D eigenvalue weighted by molar-refractivity contribution is 5.93. The Labute approximate surface area is 203 Å². The van der Waals surface area contributed by atoms with Crippen molar-refractivity contribution in [2.24, 2.45) is 0 Å². The van der Waals surface area contributed by atoms with Crippen molar-refractivity contribution in [3.8, 4) is 11.9 Å². The molecule has 9 nitrogen and oxygen atoms in total. The number of carbonyl (C=O) groups excluding carboxylic acids is 1. The number of hydrogen-bond acceptors (Lipinski definition) is 7. The quantitative estimate of drug-likeness (QED) is 0.541. The van der Waals surface area contributed by atoms with Crippen LogP contribution in [0.3, 0.4) is 0 Å². The number of nitriles is 1. The number of nitrogens with zero attached hydrogens (tertiary/aromatic N) is 8. The van der Waals surface area contributed by atoms with Gasteiger partial charge in [0.05, 0.1) is 18.2 Å². The number of amides is 1. The van der Waals surface area contributed by atoms with Gasteiger partial charge >= 0.3 is 0 Å². The molecule has 2 aliphatic rings. The van der Waals surface area contributed by atoms with Crippen LogP contribution in [0.25, 0.3) is 5.82 Å². The van der Waals surface area contributed by atoms with Crippen LogP contribution < -0.4 is 4.90 Å². The minimum atomic E-state index is -1.22. The third-order valence-corrected chi connectivity index (χ3v) is 6.65. The average Bonchev–Trinajstić information content (AvgIpc) is 3.65. The fourth-order valence-electron chi connectivity index (χ4n) is 4.56. The molecule has 1 saturated heterocycles. The summed E-state index contributed by atoms with van der Waals surface area (Å²) in [7, 11) is 0. The molecule has 0 spiro atoms. The van der Waals surface area contributed by atoms with Gasteiger partial charge in [0.2, 0.25) is 5.95 Å². The number of piperidine rings is 1. The number of halogens is 1. The van der Waals surface area contributed by atoms with Crippen molar-refractivity contribution in [3.05, 3.63) is 59.6 Å². The molecule has 0 aromatic carbocycles. The second-order valence-corrected chi connectivity index (χ2v) is 9.07. The van der Waals surface area contributed by atoms with E-state index in [2.05, 4.69) is 19.9 Å². The van der Waals surface area contributed by atoms with Crippen molar-refractivity contribution >= 4 is 11.9 Å². The highest BCUT2D eigenvalue weighted by Gasteiger charge is 2.44. The standard InChI is InChI=1S/C25H27FN8O/c1-3-17-11-29-25(30-12-17)32-9-8-22(20(26)14-32)34(19-5-6-19)24(35)21-15-33(16(2)31-21)23-7-4-18(10-27)13-28-23/h4,7,11-13,15,19-20,22H,3,5-6,8-9,14H2,1-2H3/t20?,22-/m1/s1. The Morgan fingerprint density at radius 3 is 2.57 bits per heavy atom. The number of hydrogen-bond donors (Lipinski definition) is 0. The summed E-state index contributed by atoms with van der Waals surface area (Å²) < 4.78 is 17.2. The summed E-state index contributed by atoms with van der Waals surface area (Å²) in [6.45, 7) is 4.56. The molecule has 4 heterocycles. The molecule has 5 rings (SSSR count). The van der Waals surface area contributed by atoms with E-state index in [0.717, 1.165) is 24.8 Å². The lowest BCUT2D eigenvalue weighted by molar-refractivity contribution is 0.0481. The van der Waals surface area contributed by atoms with E-state index in [-0.39, 0.29) is 24.2 Å². The highest BCUT2D eigenvalue weighted by atomic mass is 19.1. The largest absolute Gasteiger partial charge is 0.338 e. The number of alkyl halides is 1. The molecule has 35 heavy (non-hydrogen) atoms. The van der Waals surface area contributed by atoms with Crippen LogP contribution in [0.5, 0.6) is 0 Å². The zero-order valence-electron chi connectivity index (χ0n) is 19.8. The molecule has 1 aliphatic heterocycles. The third kappa shape index (κ3) is 4.58. The second-order valence-electron chi connectivity index (χ2n) is 9.07. The Hall–Kier alpha value is -3.87. The number of imidazole rings is 1. The van der Waals surface area contributed by atoms with Crippen molar-refractivity contribution in [2.75, 3.05) is 18.0 Å². The first-order chi connectivity index (χ1) is 17.0. The summed E-state index contributed by atoms with van der Waals surface area (Å²) >= 11 is 0. The van der Waals surface area contributed by atoms with Gasteiger partial charge in [-0.1, -0.05) is 6.92 Å². The summed E-state index contributed by atoms with van der Waals surface area (Å²) in [5, 5.41) is 9.00. The van der Waals surface area contributed by atoms with Gasteiger partial charge in [-0.05, 0) is 50.3 Å². The monoisotopic (exact) mass is 474 g/mol. The highest BCUT2D eigenvalue weighted by Crippen LogP contribution is 2.34. The average molecular weight is 475 g/mol. The number of carbonyl (C=O) groups is 1. The molecule has 3 aromatic heterocycles. The van der Waals surface area contributed by atoms with Crippen molar-refractivity contribution in [1.29, 1.82) is 5.26 Å². The number of aromatic nitrogens is 5. The van der Waals surface area contributed by atoms with E-state index < -0.39 is 12.2 Å². The molecule has 180 valence electrons. The fourth-order valence-corrected chi connectivity index (χ4v) is 4.56.